The number of hydrogen-bond donors (Lipinski definition) is 1. The number of piperidine rings is 1. The topological polar surface area (TPSA) is 53.5 Å². The Kier molecular flexibility index (Phi) is 5.67. The minimum Gasteiger partial charge on any atom is -0.379 e. The van der Waals surface area contributed by atoms with Gasteiger partial charge in [0.05, 0.1) is 13.2 Å². The third kappa shape index (κ3) is 4.78. The average Bonchev–Trinajstić information content (AvgIpc) is 2.55. The standard InChI is InChI=1S/C17H29N5O/c1-14-4-3-6-22(13-14)17-12-16(19-15(2)20-17)18-5-7-21-8-10-23-11-9-21/h12,14H,3-11,13H2,1-2H3,(H,18,19,20). The molecule has 2 aliphatic rings. The van der Waals surface area contributed by atoms with Crippen LogP contribution in [0.25, 0.3) is 0 Å². The van der Waals surface area contributed by atoms with Gasteiger partial charge >= 0.3 is 0 Å². The molecule has 128 valence electrons. The van der Waals surface area contributed by atoms with Crippen molar-refractivity contribution in [1.29, 1.82) is 0 Å². The SMILES string of the molecule is Cc1nc(NCCN2CCOCC2)cc(N2CCCC(C)C2)n1. The van der Waals surface area contributed by atoms with Crippen LogP contribution in [0.4, 0.5) is 11.6 Å². The summed E-state index contributed by atoms with van der Waals surface area (Å²) in [6.45, 7) is 12.2. The van der Waals surface area contributed by atoms with E-state index < -0.39 is 0 Å². The number of anilines is 2. The van der Waals surface area contributed by atoms with Crippen LogP contribution in [0, 0.1) is 12.8 Å². The number of morpholine rings is 1. The van der Waals surface area contributed by atoms with E-state index in [0.29, 0.717) is 0 Å². The van der Waals surface area contributed by atoms with Crippen molar-refractivity contribution in [3.8, 4) is 0 Å². The zero-order valence-electron chi connectivity index (χ0n) is 14.4. The number of rotatable bonds is 5. The first kappa shape index (κ1) is 16.5. The quantitative estimate of drug-likeness (QED) is 0.893. The van der Waals surface area contributed by atoms with Crippen molar-refractivity contribution in [2.75, 3.05) is 62.7 Å². The van der Waals surface area contributed by atoms with Crippen LogP contribution >= 0.6 is 0 Å². The van der Waals surface area contributed by atoms with Crippen LogP contribution in [-0.2, 0) is 4.74 Å². The monoisotopic (exact) mass is 319 g/mol. The van der Waals surface area contributed by atoms with Crippen LogP contribution < -0.4 is 10.2 Å². The highest BCUT2D eigenvalue weighted by molar-refractivity contribution is 5.49. The molecule has 1 unspecified atom stereocenters. The predicted octanol–water partition coefficient (Wildman–Crippen LogP) is 1.77. The first-order valence-electron chi connectivity index (χ1n) is 8.85. The zero-order chi connectivity index (χ0) is 16.1. The number of aryl methyl sites for hydroxylation is 1. The van der Waals surface area contributed by atoms with Gasteiger partial charge < -0.3 is 15.0 Å². The van der Waals surface area contributed by atoms with E-state index in [1.807, 2.05) is 6.92 Å². The van der Waals surface area contributed by atoms with E-state index in [4.69, 9.17) is 4.74 Å². The highest BCUT2D eigenvalue weighted by atomic mass is 16.5. The maximum atomic E-state index is 5.38. The van der Waals surface area contributed by atoms with Crippen molar-refractivity contribution < 1.29 is 4.74 Å². The van der Waals surface area contributed by atoms with Gasteiger partial charge in [-0.1, -0.05) is 6.92 Å². The highest BCUT2D eigenvalue weighted by Gasteiger charge is 2.18. The molecule has 0 aliphatic carbocycles. The van der Waals surface area contributed by atoms with E-state index in [2.05, 4.69) is 38.1 Å². The van der Waals surface area contributed by atoms with Gasteiger partial charge in [0.25, 0.3) is 0 Å². The lowest BCUT2D eigenvalue weighted by Crippen LogP contribution is -2.39. The van der Waals surface area contributed by atoms with Gasteiger partial charge in [0.1, 0.15) is 17.5 Å². The molecular weight excluding hydrogens is 290 g/mol. The van der Waals surface area contributed by atoms with Gasteiger partial charge in [-0.05, 0) is 25.7 Å². The number of nitrogens with one attached hydrogen (secondary N) is 1. The van der Waals surface area contributed by atoms with Crippen molar-refractivity contribution in [2.24, 2.45) is 5.92 Å². The summed E-state index contributed by atoms with van der Waals surface area (Å²) in [6.07, 6.45) is 2.58. The van der Waals surface area contributed by atoms with Crippen LogP contribution in [0.5, 0.6) is 0 Å². The normalized spacial score (nSPS) is 23.0. The zero-order valence-corrected chi connectivity index (χ0v) is 14.4. The fourth-order valence-electron chi connectivity index (χ4n) is 3.37. The Hall–Kier alpha value is -1.40. The van der Waals surface area contributed by atoms with E-state index in [0.717, 1.165) is 75.9 Å². The summed E-state index contributed by atoms with van der Waals surface area (Å²) in [4.78, 5) is 14.0. The molecule has 3 heterocycles. The van der Waals surface area contributed by atoms with Gasteiger partial charge in [-0.25, -0.2) is 9.97 Å². The predicted molar refractivity (Wildman–Crippen MR) is 93.1 cm³/mol. The largest absolute Gasteiger partial charge is 0.379 e. The highest BCUT2D eigenvalue weighted by Crippen LogP contribution is 2.23. The number of aromatic nitrogens is 2. The molecule has 2 saturated heterocycles. The summed E-state index contributed by atoms with van der Waals surface area (Å²) < 4.78 is 5.38. The summed E-state index contributed by atoms with van der Waals surface area (Å²) in [6, 6.07) is 2.10. The number of ether oxygens (including phenoxy) is 1. The minimum absolute atomic E-state index is 0.747. The van der Waals surface area contributed by atoms with Gasteiger partial charge in [0.2, 0.25) is 0 Å². The Morgan fingerprint density at radius 1 is 1.26 bits per heavy atom. The third-order valence-electron chi connectivity index (χ3n) is 4.64. The molecule has 1 N–H and O–H groups in total. The van der Waals surface area contributed by atoms with E-state index in [1.54, 1.807) is 0 Å². The van der Waals surface area contributed by atoms with Crippen molar-refractivity contribution in [1.82, 2.24) is 14.9 Å². The Balaban J connectivity index is 1.56. The van der Waals surface area contributed by atoms with E-state index >= 15 is 0 Å². The van der Waals surface area contributed by atoms with Crippen LogP contribution in [-0.4, -0.2) is 67.4 Å². The summed E-state index contributed by atoms with van der Waals surface area (Å²) >= 11 is 0. The molecule has 0 amide bonds. The summed E-state index contributed by atoms with van der Waals surface area (Å²) in [5, 5.41) is 3.46. The molecule has 1 atom stereocenters. The van der Waals surface area contributed by atoms with Crippen LogP contribution in [0.2, 0.25) is 0 Å². The van der Waals surface area contributed by atoms with E-state index in [-0.39, 0.29) is 0 Å². The first-order valence-corrected chi connectivity index (χ1v) is 8.85. The fourth-order valence-corrected chi connectivity index (χ4v) is 3.37. The molecule has 0 radical (unpaired) electrons. The molecule has 23 heavy (non-hydrogen) atoms. The molecule has 6 nitrogen and oxygen atoms in total. The lowest BCUT2D eigenvalue weighted by Gasteiger charge is -2.32. The Bertz CT molecular complexity index is 504. The number of nitrogens with zero attached hydrogens (tertiary/aromatic N) is 4. The summed E-state index contributed by atoms with van der Waals surface area (Å²) in [7, 11) is 0. The first-order chi connectivity index (χ1) is 11.2. The Morgan fingerprint density at radius 3 is 2.87 bits per heavy atom. The Labute approximate surface area is 139 Å². The summed E-state index contributed by atoms with van der Waals surface area (Å²) in [5.74, 6) is 3.60. The second-order valence-electron chi connectivity index (χ2n) is 6.73. The molecule has 1 aromatic rings. The van der Waals surface area contributed by atoms with E-state index in [9.17, 15) is 0 Å². The second-order valence-corrected chi connectivity index (χ2v) is 6.73. The maximum absolute atomic E-state index is 5.38. The smallest absolute Gasteiger partial charge is 0.134 e. The molecule has 0 aromatic carbocycles. The molecule has 0 saturated carbocycles. The molecule has 6 heteroatoms. The maximum Gasteiger partial charge on any atom is 0.134 e. The van der Waals surface area contributed by atoms with Gasteiger partial charge in [-0.2, -0.15) is 0 Å². The fraction of sp³-hybridized carbons (Fsp3) is 0.765. The number of hydrogen-bond acceptors (Lipinski definition) is 6. The molecule has 0 spiro atoms. The molecule has 1 aromatic heterocycles. The minimum atomic E-state index is 0.747. The average molecular weight is 319 g/mol. The van der Waals surface area contributed by atoms with Crippen LogP contribution in [0.15, 0.2) is 6.07 Å². The van der Waals surface area contributed by atoms with Crippen molar-refractivity contribution in [2.45, 2.75) is 26.7 Å². The van der Waals surface area contributed by atoms with E-state index in [1.165, 1.54) is 12.8 Å². The molecule has 0 bridgehead atoms. The van der Waals surface area contributed by atoms with Gasteiger partial charge in [-0.15, -0.1) is 0 Å². The van der Waals surface area contributed by atoms with Gasteiger partial charge in [-0.3, -0.25) is 4.90 Å². The van der Waals surface area contributed by atoms with Crippen molar-refractivity contribution in [3.63, 3.8) is 0 Å². The van der Waals surface area contributed by atoms with Gasteiger partial charge in [0.15, 0.2) is 0 Å². The van der Waals surface area contributed by atoms with Crippen molar-refractivity contribution in [3.05, 3.63) is 11.9 Å². The third-order valence-corrected chi connectivity index (χ3v) is 4.64. The molecule has 2 aliphatic heterocycles. The molecular formula is C17H29N5O. The van der Waals surface area contributed by atoms with Crippen LogP contribution in [0.3, 0.4) is 0 Å². The molecule has 2 fully saturated rings. The second kappa shape index (κ2) is 7.93. The van der Waals surface area contributed by atoms with Crippen LogP contribution in [0.1, 0.15) is 25.6 Å². The lowest BCUT2D eigenvalue weighted by molar-refractivity contribution is 0.0398. The summed E-state index contributed by atoms with van der Waals surface area (Å²) in [5.41, 5.74) is 0. The Morgan fingerprint density at radius 2 is 2.09 bits per heavy atom. The van der Waals surface area contributed by atoms with Gasteiger partial charge in [0, 0.05) is 45.3 Å². The van der Waals surface area contributed by atoms with Crippen molar-refractivity contribution >= 4 is 11.6 Å². The molecule has 3 rings (SSSR count). The lowest BCUT2D eigenvalue weighted by atomic mass is 10.0.